The highest BCUT2D eigenvalue weighted by Gasteiger charge is 2.33. The van der Waals surface area contributed by atoms with Crippen molar-refractivity contribution in [2.45, 2.75) is 76.3 Å². The lowest BCUT2D eigenvalue weighted by atomic mass is 9.95. The average Bonchev–Trinajstić information content (AvgIpc) is 2.66. The fourth-order valence-electron chi connectivity index (χ4n) is 3.44. The first-order valence-electron chi connectivity index (χ1n) is 10.3. The summed E-state index contributed by atoms with van der Waals surface area (Å²) in [6, 6.07) is 6.72. The summed E-state index contributed by atoms with van der Waals surface area (Å²) in [7, 11) is -3.71. The van der Waals surface area contributed by atoms with Crippen LogP contribution in [-0.2, 0) is 19.6 Å². The minimum atomic E-state index is -3.71. The highest BCUT2D eigenvalue weighted by atomic mass is 32.2. The van der Waals surface area contributed by atoms with Crippen molar-refractivity contribution in [1.82, 2.24) is 9.62 Å². The molecule has 28 heavy (non-hydrogen) atoms. The molecular formula is C21H34N2O4S. The molecule has 1 aliphatic carbocycles. The molecule has 1 aromatic carbocycles. The summed E-state index contributed by atoms with van der Waals surface area (Å²) in [6.45, 7) is 6.78. The normalized spacial score (nSPS) is 15.9. The molecule has 0 spiro atoms. The zero-order chi connectivity index (χ0) is 20.6. The van der Waals surface area contributed by atoms with Crippen LogP contribution >= 0.6 is 0 Å². The fourth-order valence-corrected chi connectivity index (χ4v) is 5.08. The van der Waals surface area contributed by atoms with Gasteiger partial charge < -0.3 is 10.1 Å². The highest BCUT2D eigenvalue weighted by molar-refractivity contribution is 7.89. The van der Waals surface area contributed by atoms with Crippen molar-refractivity contribution in [3.8, 4) is 0 Å². The van der Waals surface area contributed by atoms with E-state index in [9.17, 15) is 13.2 Å². The van der Waals surface area contributed by atoms with E-state index >= 15 is 0 Å². The van der Waals surface area contributed by atoms with Crippen molar-refractivity contribution in [2.75, 3.05) is 19.7 Å². The number of sulfonamides is 1. The number of nitrogens with one attached hydrogen (secondary N) is 1. The number of nitrogens with zero attached hydrogens (tertiary/aromatic N) is 1. The van der Waals surface area contributed by atoms with Gasteiger partial charge in [0.2, 0.25) is 15.9 Å². The summed E-state index contributed by atoms with van der Waals surface area (Å²) in [5.74, 6) is -0.259. The maximum absolute atomic E-state index is 13.3. The molecule has 1 N–H and O–H groups in total. The molecule has 0 radical (unpaired) electrons. The van der Waals surface area contributed by atoms with E-state index in [-0.39, 0.29) is 29.5 Å². The summed E-state index contributed by atoms with van der Waals surface area (Å²) >= 11 is 0. The fraction of sp³-hybridized carbons (Fsp3) is 0.667. The highest BCUT2D eigenvalue weighted by Crippen LogP contribution is 2.27. The van der Waals surface area contributed by atoms with Crippen LogP contribution in [0.4, 0.5) is 0 Å². The SMILES string of the molecule is Cc1ccc(S(=O)(=O)N(CC(=O)NCCCOC(C)C)C2CCCCC2)cc1. The zero-order valence-electron chi connectivity index (χ0n) is 17.3. The van der Waals surface area contributed by atoms with Gasteiger partial charge in [-0.2, -0.15) is 4.31 Å². The predicted octanol–water partition coefficient (Wildman–Crippen LogP) is 3.25. The molecule has 0 atom stereocenters. The van der Waals surface area contributed by atoms with E-state index in [0.29, 0.717) is 19.6 Å². The molecule has 158 valence electrons. The van der Waals surface area contributed by atoms with Gasteiger partial charge in [-0.15, -0.1) is 0 Å². The third-order valence-electron chi connectivity index (χ3n) is 5.00. The molecule has 0 heterocycles. The summed E-state index contributed by atoms with van der Waals surface area (Å²) in [5.41, 5.74) is 1.00. The average molecular weight is 411 g/mol. The summed E-state index contributed by atoms with van der Waals surface area (Å²) in [4.78, 5) is 12.7. The van der Waals surface area contributed by atoms with Crippen LogP contribution < -0.4 is 5.32 Å². The molecule has 0 saturated heterocycles. The number of carbonyl (C=O) groups is 1. The van der Waals surface area contributed by atoms with Gasteiger partial charge in [-0.05, 0) is 52.2 Å². The number of hydrogen-bond acceptors (Lipinski definition) is 4. The third-order valence-corrected chi connectivity index (χ3v) is 6.92. The molecular weight excluding hydrogens is 376 g/mol. The van der Waals surface area contributed by atoms with Crippen LogP contribution in [0.3, 0.4) is 0 Å². The Morgan fingerprint density at radius 2 is 1.82 bits per heavy atom. The Hall–Kier alpha value is -1.44. The molecule has 2 rings (SSSR count). The van der Waals surface area contributed by atoms with Gasteiger partial charge in [-0.1, -0.05) is 37.0 Å². The van der Waals surface area contributed by atoms with Crippen molar-refractivity contribution >= 4 is 15.9 Å². The van der Waals surface area contributed by atoms with Crippen molar-refractivity contribution in [2.24, 2.45) is 0 Å². The van der Waals surface area contributed by atoms with Crippen LogP contribution in [0.1, 0.15) is 57.9 Å². The van der Waals surface area contributed by atoms with E-state index in [1.807, 2.05) is 20.8 Å². The lowest BCUT2D eigenvalue weighted by molar-refractivity contribution is -0.121. The zero-order valence-corrected chi connectivity index (χ0v) is 18.1. The van der Waals surface area contributed by atoms with Gasteiger partial charge in [0.1, 0.15) is 0 Å². The predicted molar refractivity (Wildman–Crippen MR) is 111 cm³/mol. The monoisotopic (exact) mass is 410 g/mol. The Labute approximate surface area is 169 Å². The number of aryl methyl sites for hydroxylation is 1. The van der Waals surface area contributed by atoms with Crippen LogP contribution in [0.5, 0.6) is 0 Å². The van der Waals surface area contributed by atoms with Gasteiger partial charge in [-0.3, -0.25) is 4.79 Å². The van der Waals surface area contributed by atoms with Crippen molar-refractivity contribution in [3.05, 3.63) is 29.8 Å². The molecule has 0 aromatic heterocycles. The molecule has 7 heteroatoms. The van der Waals surface area contributed by atoms with Crippen LogP contribution in [0.25, 0.3) is 0 Å². The van der Waals surface area contributed by atoms with E-state index in [0.717, 1.165) is 37.7 Å². The van der Waals surface area contributed by atoms with E-state index in [1.54, 1.807) is 24.3 Å². The summed E-state index contributed by atoms with van der Waals surface area (Å²) in [6.07, 6.45) is 5.60. The Morgan fingerprint density at radius 3 is 2.43 bits per heavy atom. The molecule has 1 amide bonds. The standard InChI is InChI=1S/C21H34N2O4S/c1-17(2)27-15-7-14-22-21(24)16-23(19-8-5-4-6-9-19)28(25,26)20-12-10-18(3)11-13-20/h10-13,17,19H,4-9,14-16H2,1-3H3,(H,22,24). The molecule has 6 nitrogen and oxygen atoms in total. The van der Waals surface area contributed by atoms with Gasteiger partial charge in [-0.25, -0.2) is 8.42 Å². The van der Waals surface area contributed by atoms with Crippen molar-refractivity contribution in [3.63, 3.8) is 0 Å². The Bertz CT molecular complexity index is 710. The van der Waals surface area contributed by atoms with Crippen molar-refractivity contribution in [1.29, 1.82) is 0 Å². The number of ether oxygens (including phenoxy) is 1. The minimum absolute atomic E-state index is 0.116. The van der Waals surface area contributed by atoms with E-state index < -0.39 is 10.0 Å². The number of rotatable bonds is 10. The maximum Gasteiger partial charge on any atom is 0.243 e. The molecule has 1 aromatic rings. The van der Waals surface area contributed by atoms with Crippen LogP contribution in [0.2, 0.25) is 0 Å². The molecule has 1 saturated carbocycles. The third kappa shape index (κ3) is 6.87. The van der Waals surface area contributed by atoms with Gasteiger partial charge in [0.25, 0.3) is 0 Å². The van der Waals surface area contributed by atoms with Crippen LogP contribution in [0, 0.1) is 6.92 Å². The van der Waals surface area contributed by atoms with E-state index in [4.69, 9.17) is 4.74 Å². The molecule has 1 aliphatic rings. The quantitative estimate of drug-likeness (QED) is 0.601. The Balaban J connectivity index is 2.05. The second kappa shape index (κ2) is 10.9. The van der Waals surface area contributed by atoms with E-state index in [2.05, 4.69) is 5.32 Å². The van der Waals surface area contributed by atoms with Gasteiger partial charge in [0, 0.05) is 19.2 Å². The van der Waals surface area contributed by atoms with Gasteiger partial charge >= 0.3 is 0 Å². The molecule has 0 bridgehead atoms. The number of hydrogen-bond donors (Lipinski definition) is 1. The maximum atomic E-state index is 13.3. The van der Waals surface area contributed by atoms with Crippen LogP contribution in [0.15, 0.2) is 29.2 Å². The first-order valence-corrected chi connectivity index (χ1v) is 11.7. The topological polar surface area (TPSA) is 75.7 Å². The number of carbonyl (C=O) groups excluding carboxylic acids is 1. The number of amides is 1. The lowest BCUT2D eigenvalue weighted by Gasteiger charge is -2.33. The Morgan fingerprint density at radius 1 is 1.18 bits per heavy atom. The smallest absolute Gasteiger partial charge is 0.243 e. The second-order valence-electron chi connectivity index (χ2n) is 7.78. The summed E-state index contributed by atoms with van der Waals surface area (Å²) < 4.78 is 33.4. The second-order valence-corrected chi connectivity index (χ2v) is 9.67. The van der Waals surface area contributed by atoms with Gasteiger partial charge in [0.15, 0.2) is 0 Å². The Kier molecular flexibility index (Phi) is 8.92. The minimum Gasteiger partial charge on any atom is -0.379 e. The molecule has 0 unspecified atom stereocenters. The molecule has 1 fully saturated rings. The lowest BCUT2D eigenvalue weighted by Crippen LogP contribution is -2.47. The van der Waals surface area contributed by atoms with E-state index in [1.165, 1.54) is 4.31 Å². The summed E-state index contributed by atoms with van der Waals surface area (Å²) in [5, 5.41) is 2.83. The largest absolute Gasteiger partial charge is 0.379 e. The number of benzene rings is 1. The van der Waals surface area contributed by atoms with Gasteiger partial charge in [0.05, 0.1) is 17.5 Å². The van der Waals surface area contributed by atoms with Crippen molar-refractivity contribution < 1.29 is 17.9 Å². The molecule has 0 aliphatic heterocycles. The first-order chi connectivity index (χ1) is 13.3. The van der Waals surface area contributed by atoms with Crippen LogP contribution in [-0.4, -0.2) is 50.5 Å². The first kappa shape index (κ1) is 22.8.